The molecule has 1 fully saturated rings. The molecule has 1 aromatic carbocycles. The van der Waals surface area contributed by atoms with Crippen LogP contribution in [0.5, 0.6) is 0 Å². The van der Waals surface area contributed by atoms with E-state index in [9.17, 15) is 4.79 Å². The zero-order valence-electron chi connectivity index (χ0n) is 13.0. The second-order valence-corrected chi connectivity index (χ2v) is 6.42. The smallest absolute Gasteiger partial charge is 0.239 e. The molecular weight excluding hydrogens is 260 g/mol. The molecule has 1 aromatic rings. The summed E-state index contributed by atoms with van der Waals surface area (Å²) in [6.45, 7) is 3.90. The Hall–Kier alpha value is -1.35. The second kappa shape index (κ2) is 6.61. The van der Waals surface area contributed by atoms with Gasteiger partial charge in [0.2, 0.25) is 5.91 Å². The van der Waals surface area contributed by atoms with Crippen molar-refractivity contribution in [3.8, 4) is 0 Å². The van der Waals surface area contributed by atoms with E-state index in [0.29, 0.717) is 6.04 Å². The lowest BCUT2D eigenvalue weighted by atomic mass is 9.87. The molecule has 21 heavy (non-hydrogen) atoms. The number of amides is 1. The molecular formula is C18H26N2O. The van der Waals surface area contributed by atoms with Crippen LogP contribution in [-0.4, -0.2) is 29.9 Å². The highest BCUT2D eigenvalue weighted by Crippen LogP contribution is 2.29. The predicted molar refractivity (Wildman–Crippen MR) is 85.1 cm³/mol. The molecule has 2 unspecified atom stereocenters. The standard InChI is InChI=1S/C18H26N2O/c1-14(18(21)20-12-5-2-6-13-20)19-17-11-7-9-15-8-3-4-10-16(15)17/h3-4,8,10,14,17,19H,2,5-7,9,11-13H2,1H3. The summed E-state index contributed by atoms with van der Waals surface area (Å²) in [5.74, 6) is 0.276. The Balaban J connectivity index is 1.65. The molecule has 3 heteroatoms. The minimum Gasteiger partial charge on any atom is -0.341 e. The van der Waals surface area contributed by atoms with Crippen molar-refractivity contribution in [1.29, 1.82) is 0 Å². The fourth-order valence-electron chi connectivity index (χ4n) is 3.69. The van der Waals surface area contributed by atoms with Crippen LogP contribution < -0.4 is 5.32 Å². The molecule has 114 valence electrons. The Morgan fingerprint density at radius 3 is 2.76 bits per heavy atom. The molecule has 1 amide bonds. The van der Waals surface area contributed by atoms with Gasteiger partial charge < -0.3 is 4.90 Å². The van der Waals surface area contributed by atoms with Crippen LogP contribution in [0.2, 0.25) is 0 Å². The Morgan fingerprint density at radius 2 is 1.95 bits per heavy atom. The van der Waals surface area contributed by atoms with Crippen LogP contribution in [0.1, 0.15) is 56.2 Å². The van der Waals surface area contributed by atoms with E-state index in [0.717, 1.165) is 32.4 Å². The molecule has 0 saturated carbocycles. The number of hydrogen-bond donors (Lipinski definition) is 1. The lowest BCUT2D eigenvalue weighted by molar-refractivity contribution is -0.134. The van der Waals surface area contributed by atoms with Gasteiger partial charge in [0.05, 0.1) is 6.04 Å². The average Bonchev–Trinajstić information content (AvgIpc) is 2.55. The molecule has 1 aliphatic heterocycles. The van der Waals surface area contributed by atoms with Gasteiger partial charge in [-0.2, -0.15) is 0 Å². The highest BCUT2D eigenvalue weighted by atomic mass is 16.2. The first-order valence-corrected chi connectivity index (χ1v) is 8.38. The fourth-order valence-corrected chi connectivity index (χ4v) is 3.69. The third-order valence-electron chi connectivity index (χ3n) is 4.86. The van der Waals surface area contributed by atoms with Crippen molar-refractivity contribution in [2.24, 2.45) is 0 Å². The maximum absolute atomic E-state index is 12.5. The summed E-state index contributed by atoms with van der Waals surface area (Å²) >= 11 is 0. The van der Waals surface area contributed by atoms with Gasteiger partial charge in [0.25, 0.3) is 0 Å². The molecule has 2 aliphatic rings. The predicted octanol–water partition coefficient (Wildman–Crippen LogP) is 3.05. The van der Waals surface area contributed by atoms with Crippen LogP contribution in [0.4, 0.5) is 0 Å². The Bertz CT molecular complexity index is 494. The molecule has 2 atom stereocenters. The Morgan fingerprint density at radius 1 is 1.19 bits per heavy atom. The zero-order chi connectivity index (χ0) is 14.7. The number of piperidine rings is 1. The summed E-state index contributed by atoms with van der Waals surface area (Å²) in [5.41, 5.74) is 2.83. The fraction of sp³-hybridized carbons (Fsp3) is 0.611. The Labute approximate surface area is 127 Å². The van der Waals surface area contributed by atoms with E-state index in [4.69, 9.17) is 0 Å². The number of benzene rings is 1. The lowest BCUT2D eigenvalue weighted by Gasteiger charge is -2.33. The quantitative estimate of drug-likeness (QED) is 0.926. The highest BCUT2D eigenvalue weighted by molar-refractivity contribution is 5.81. The number of nitrogens with one attached hydrogen (secondary N) is 1. The number of rotatable bonds is 3. The lowest BCUT2D eigenvalue weighted by Crippen LogP contribution is -2.48. The third kappa shape index (κ3) is 3.29. The number of carbonyl (C=O) groups is 1. The van der Waals surface area contributed by atoms with Gasteiger partial charge in [-0.15, -0.1) is 0 Å². The minimum absolute atomic E-state index is 0.0840. The maximum Gasteiger partial charge on any atom is 0.239 e. The summed E-state index contributed by atoms with van der Waals surface area (Å²) in [6, 6.07) is 8.90. The van der Waals surface area contributed by atoms with Crippen LogP contribution in [0.25, 0.3) is 0 Å². The van der Waals surface area contributed by atoms with Gasteiger partial charge in [0, 0.05) is 19.1 Å². The number of aryl methyl sites for hydroxylation is 1. The van der Waals surface area contributed by atoms with Crippen LogP contribution >= 0.6 is 0 Å². The van der Waals surface area contributed by atoms with Crippen molar-refractivity contribution in [2.75, 3.05) is 13.1 Å². The second-order valence-electron chi connectivity index (χ2n) is 6.42. The highest BCUT2D eigenvalue weighted by Gasteiger charge is 2.26. The van der Waals surface area contributed by atoms with Gasteiger partial charge in [-0.05, 0) is 56.6 Å². The summed E-state index contributed by atoms with van der Waals surface area (Å²) in [7, 11) is 0. The SMILES string of the molecule is CC(NC1CCCc2ccccc21)C(=O)N1CCCCC1. The summed E-state index contributed by atoms with van der Waals surface area (Å²) < 4.78 is 0. The first-order chi connectivity index (χ1) is 10.3. The van der Waals surface area contributed by atoms with Gasteiger partial charge in [-0.3, -0.25) is 10.1 Å². The molecule has 1 heterocycles. The van der Waals surface area contributed by atoms with Crippen LogP contribution in [-0.2, 0) is 11.2 Å². The van der Waals surface area contributed by atoms with E-state index in [1.165, 1.54) is 30.4 Å². The molecule has 1 aliphatic carbocycles. The van der Waals surface area contributed by atoms with Gasteiger partial charge in [0.1, 0.15) is 0 Å². The van der Waals surface area contributed by atoms with Crippen molar-refractivity contribution < 1.29 is 4.79 Å². The van der Waals surface area contributed by atoms with Crippen molar-refractivity contribution in [1.82, 2.24) is 10.2 Å². The Kier molecular flexibility index (Phi) is 4.59. The zero-order valence-corrected chi connectivity index (χ0v) is 13.0. The van der Waals surface area contributed by atoms with Gasteiger partial charge in [0.15, 0.2) is 0 Å². The van der Waals surface area contributed by atoms with Crippen molar-refractivity contribution >= 4 is 5.91 Å². The molecule has 3 nitrogen and oxygen atoms in total. The number of hydrogen-bond acceptors (Lipinski definition) is 2. The monoisotopic (exact) mass is 286 g/mol. The van der Waals surface area contributed by atoms with E-state index in [2.05, 4.69) is 29.6 Å². The normalized spacial score (nSPS) is 23.5. The molecule has 3 rings (SSSR count). The van der Waals surface area contributed by atoms with Crippen molar-refractivity contribution in [3.05, 3.63) is 35.4 Å². The molecule has 0 bridgehead atoms. The van der Waals surface area contributed by atoms with Crippen molar-refractivity contribution in [3.63, 3.8) is 0 Å². The minimum atomic E-state index is -0.0840. The van der Waals surface area contributed by atoms with Gasteiger partial charge in [-0.1, -0.05) is 24.3 Å². The number of fused-ring (bicyclic) bond motifs is 1. The average molecular weight is 286 g/mol. The first-order valence-electron chi connectivity index (χ1n) is 8.38. The van der Waals surface area contributed by atoms with Gasteiger partial charge in [-0.25, -0.2) is 0 Å². The number of likely N-dealkylation sites (tertiary alicyclic amines) is 1. The summed E-state index contributed by atoms with van der Waals surface area (Å²) in [6.07, 6.45) is 7.09. The van der Waals surface area contributed by atoms with Crippen LogP contribution in [0, 0.1) is 0 Å². The van der Waals surface area contributed by atoms with Crippen LogP contribution in [0.15, 0.2) is 24.3 Å². The number of nitrogens with zero attached hydrogens (tertiary/aromatic N) is 1. The van der Waals surface area contributed by atoms with Crippen LogP contribution in [0.3, 0.4) is 0 Å². The molecule has 0 aromatic heterocycles. The van der Waals surface area contributed by atoms with E-state index in [1.807, 2.05) is 11.8 Å². The van der Waals surface area contributed by atoms with E-state index < -0.39 is 0 Å². The largest absolute Gasteiger partial charge is 0.341 e. The molecule has 1 saturated heterocycles. The number of carbonyl (C=O) groups excluding carboxylic acids is 1. The van der Waals surface area contributed by atoms with E-state index in [-0.39, 0.29) is 11.9 Å². The third-order valence-corrected chi connectivity index (χ3v) is 4.86. The summed E-state index contributed by atoms with van der Waals surface area (Å²) in [5, 5.41) is 3.58. The molecule has 0 spiro atoms. The topological polar surface area (TPSA) is 32.3 Å². The van der Waals surface area contributed by atoms with Crippen molar-refractivity contribution in [2.45, 2.75) is 57.5 Å². The molecule has 1 N–H and O–H groups in total. The summed E-state index contributed by atoms with van der Waals surface area (Å²) in [4.78, 5) is 14.6. The maximum atomic E-state index is 12.5. The first kappa shape index (κ1) is 14.6. The van der Waals surface area contributed by atoms with E-state index >= 15 is 0 Å². The van der Waals surface area contributed by atoms with Gasteiger partial charge >= 0.3 is 0 Å². The molecule has 0 radical (unpaired) electrons. The van der Waals surface area contributed by atoms with E-state index in [1.54, 1.807) is 0 Å².